The minimum atomic E-state index is 0.202. The van der Waals surface area contributed by atoms with Crippen molar-refractivity contribution in [1.29, 1.82) is 0 Å². The van der Waals surface area contributed by atoms with E-state index < -0.39 is 0 Å². The van der Waals surface area contributed by atoms with Gasteiger partial charge in [-0.2, -0.15) is 0 Å². The molecule has 0 unspecified atom stereocenters. The van der Waals surface area contributed by atoms with Gasteiger partial charge in [-0.1, -0.05) is 17.2 Å². The van der Waals surface area contributed by atoms with Crippen molar-refractivity contribution in [3.05, 3.63) is 34.9 Å². The molecule has 132 valence electrons. The van der Waals surface area contributed by atoms with Crippen molar-refractivity contribution < 1.29 is 9.53 Å². The Kier molecular flexibility index (Phi) is 5.90. The predicted octanol–water partition coefficient (Wildman–Crippen LogP) is 2.88. The van der Waals surface area contributed by atoms with E-state index in [2.05, 4.69) is 24.8 Å². The summed E-state index contributed by atoms with van der Waals surface area (Å²) in [5, 5.41) is 0. The molecule has 1 aromatic carbocycles. The van der Waals surface area contributed by atoms with E-state index in [1.54, 1.807) is 0 Å². The summed E-state index contributed by atoms with van der Waals surface area (Å²) in [6, 6.07) is 6.15. The molecule has 4 nitrogen and oxygen atoms in total. The Hall–Kier alpha value is -1.39. The fourth-order valence-corrected chi connectivity index (χ4v) is 3.90. The van der Waals surface area contributed by atoms with Crippen LogP contribution in [0.1, 0.15) is 40.7 Å². The largest absolute Gasteiger partial charge is 0.379 e. The highest BCUT2D eigenvalue weighted by Crippen LogP contribution is 2.23. The van der Waals surface area contributed by atoms with Crippen molar-refractivity contribution in [3.8, 4) is 0 Å². The molecule has 1 amide bonds. The summed E-state index contributed by atoms with van der Waals surface area (Å²) in [7, 11) is 0. The maximum atomic E-state index is 12.7. The molecule has 0 spiro atoms. The Labute approximate surface area is 145 Å². The van der Waals surface area contributed by atoms with Gasteiger partial charge >= 0.3 is 0 Å². The number of piperidine rings is 1. The Morgan fingerprint density at radius 2 is 1.67 bits per heavy atom. The number of hydrogen-bond acceptors (Lipinski definition) is 3. The lowest BCUT2D eigenvalue weighted by Gasteiger charge is -2.34. The molecule has 2 fully saturated rings. The molecule has 0 N–H and O–H groups in total. The van der Waals surface area contributed by atoms with Crippen LogP contribution in [0.15, 0.2) is 18.2 Å². The molecule has 0 atom stereocenters. The number of carbonyl (C=O) groups excluding carboxylic acids is 1. The summed E-state index contributed by atoms with van der Waals surface area (Å²) in [4.78, 5) is 17.3. The van der Waals surface area contributed by atoms with Gasteiger partial charge in [0, 0.05) is 31.7 Å². The van der Waals surface area contributed by atoms with Crippen LogP contribution in [-0.4, -0.2) is 61.6 Å². The lowest BCUT2D eigenvalue weighted by molar-refractivity contribution is 0.0332. The highest BCUT2D eigenvalue weighted by Gasteiger charge is 2.24. The highest BCUT2D eigenvalue weighted by atomic mass is 16.5. The van der Waals surface area contributed by atoms with Gasteiger partial charge < -0.3 is 9.64 Å². The molecule has 0 aliphatic carbocycles. The maximum Gasteiger partial charge on any atom is 0.253 e. The number of carbonyl (C=O) groups is 1. The molecule has 3 rings (SSSR count). The minimum Gasteiger partial charge on any atom is -0.379 e. The molecule has 2 saturated heterocycles. The Balaban J connectivity index is 1.46. The zero-order valence-electron chi connectivity index (χ0n) is 15.1. The first-order valence-electron chi connectivity index (χ1n) is 9.29. The molecular formula is C20H30N2O2. The topological polar surface area (TPSA) is 32.8 Å². The second-order valence-corrected chi connectivity index (χ2v) is 7.35. The number of likely N-dealkylation sites (tertiary alicyclic amines) is 1. The van der Waals surface area contributed by atoms with Crippen molar-refractivity contribution in [2.75, 3.05) is 45.9 Å². The second kappa shape index (κ2) is 8.13. The summed E-state index contributed by atoms with van der Waals surface area (Å²) in [6.45, 7) is 11.0. The van der Waals surface area contributed by atoms with E-state index in [0.717, 1.165) is 63.7 Å². The molecule has 2 aliphatic rings. The van der Waals surface area contributed by atoms with Crippen molar-refractivity contribution in [3.63, 3.8) is 0 Å². The van der Waals surface area contributed by atoms with Crippen molar-refractivity contribution >= 4 is 5.91 Å². The summed E-state index contributed by atoms with van der Waals surface area (Å²) >= 11 is 0. The zero-order chi connectivity index (χ0) is 16.9. The van der Waals surface area contributed by atoms with E-state index in [1.807, 2.05) is 17.0 Å². The Bertz CT molecular complexity index is 539. The SMILES string of the molecule is Cc1cc(C)cc(C(=O)N2CCC(CCN3CCOCC3)CC2)c1. The van der Waals surface area contributed by atoms with Crippen LogP contribution in [0.25, 0.3) is 0 Å². The van der Waals surface area contributed by atoms with Crippen LogP contribution < -0.4 is 0 Å². The van der Waals surface area contributed by atoms with Crippen LogP contribution in [0.3, 0.4) is 0 Å². The first-order chi connectivity index (χ1) is 11.6. The first-order valence-corrected chi connectivity index (χ1v) is 9.29. The van der Waals surface area contributed by atoms with Gasteiger partial charge in [-0.25, -0.2) is 0 Å². The number of rotatable bonds is 4. The van der Waals surface area contributed by atoms with Gasteiger partial charge in [0.05, 0.1) is 13.2 Å². The number of aryl methyl sites for hydroxylation is 2. The number of amides is 1. The van der Waals surface area contributed by atoms with Crippen LogP contribution in [0.5, 0.6) is 0 Å². The van der Waals surface area contributed by atoms with E-state index in [9.17, 15) is 4.79 Å². The minimum absolute atomic E-state index is 0.202. The molecule has 2 heterocycles. The molecule has 0 saturated carbocycles. The molecule has 4 heteroatoms. The van der Waals surface area contributed by atoms with Gasteiger partial charge in [-0.3, -0.25) is 9.69 Å². The standard InChI is InChI=1S/C20H30N2O2/c1-16-13-17(2)15-19(14-16)20(23)22-7-4-18(5-8-22)3-6-21-9-11-24-12-10-21/h13-15,18H,3-12H2,1-2H3. The van der Waals surface area contributed by atoms with Crippen molar-refractivity contribution in [1.82, 2.24) is 9.80 Å². The van der Waals surface area contributed by atoms with Gasteiger partial charge in [-0.15, -0.1) is 0 Å². The fraction of sp³-hybridized carbons (Fsp3) is 0.650. The number of nitrogens with zero attached hydrogens (tertiary/aromatic N) is 2. The van der Waals surface area contributed by atoms with Crippen LogP contribution in [0, 0.1) is 19.8 Å². The van der Waals surface area contributed by atoms with E-state index in [-0.39, 0.29) is 5.91 Å². The monoisotopic (exact) mass is 330 g/mol. The van der Waals surface area contributed by atoms with Crippen molar-refractivity contribution in [2.45, 2.75) is 33.1 Å². The number of morpholine rings is 1. The number of ether oxygens (including phenoxy) is 1. The molecule has 2 aliphatic heterocycles. The summed E-state index contributed by atoms with van der Waals surface area (Å²) in [5.41, 5.74) is 3.18. The molecule has 24 heavy (non-hydrogen) atoms. The summed E-state index contributed by atoms with van der Waals surface area (Å²) in [5.74, 6) is 0.963. The van der Waals surface area contributed by atoms with Gasteiger partial charge in [0.15, 0.2) is 0 Å². The molecule has 0 aromatic heterocycles. The Morgan fingerprint density at radius 1 is 1.04 bits per heavy atom. The maximum absolute atomic E-state index is 12.7. The second-order valence-electron chi connectivity index (χ2n) is 7.35. The van der Waals surface area contributed by atoms with E-state index in [0.29, 0.717) is 0 Å². The van der Waals surface area contributed by atoms with Crippen LogP contribution in [0.4, 0.5) is 0 Å². The van der Waals surface area contributed by atoms with E-state index in [4.69, 9.17) is 4.74 Å². The smallest absolute Gasteiger partial charge is 0.253 e. The number of benzene rings is 1. The van der Waals surface area contributed by atoms with E-state index in [1.165, 1.54) is 24.1 Å². The summed E-state index contributed by atoms with van der Waals surface area (Å²) in [6.07, 6.45) is 3.54. The fourth-order valence-electron chi connectivity index (χ4n) is 3.90. The molecular weight excluding hydrogens is 300 g/mol. The van der Waals surface area contributed by atoms with Crippen LogP contribution >= 0.6 is 0 Å². The zero-order valence-corrected chi connectivity index (χ0v) is 15.1. The molecule has 0 bridgehead atoms. The quantitative estimate of drug-likeness (QED) is 0.851. The van der Waals surface area contributed by atoms with Crippen LogP contribution in [-0.2, 0) is 4.74 Å². The molecule has 0 radical (unpaired) electrons. The first kappa shape index (κ1) is 17.4. The van der Waals surface area contributed by atoms with Gasteiger partial charge in [0.25, 0.3) is 5.91 Å². The van der Waals surface area contributed by atoms with Gasteiger partial charge in [0.2, 0.25) is 0 Å². The van der Waals surface area contributed by atoms with Crippen molar-refractivity contribution in [2.24, 2.45) is 5.92 Å². The highest BCUT2D eigenvalue weighted by molar-refractivity contribution is 5.94. The molecule has 1 aromatic rings. The van der Waals surface area contributed by atoms with Gasteiger partial charge in [-0.05, 0) is 57.7 Å². The third kappa shape index (κ3) is 4.58. The number of hydrogen-bond donors (Lipinski definition) is 0. The van der Waals surface area contributed by atoms with Gasteiger partial charge in [0.1, 0.15) is 0 Å². The lowest BCUT2D eigenvalue weighted by Crippen LogP contribution is -2.40. The third-order valence-electron chi connectivity index (χ3n) is 5.33. The van der Waals surface area contributed by atoms with Crippen LogP contribution in [0.2, 0.25) is 0 Å². The normalized spacial score (nSPS) is 20.3. The average molecular weight is 330 g/mol. The lowest BCUT2D eigenvalue weighted by atomic mass is 9.92. The van der Waals surface area contributed by atoms with E-state index >= 15 is 0 Å². The predicted molar refractivity (Wildman–Crippen MR) is 96.4 cm³/mol. The Morgan fingerprint density at radius 3 is 2.29 bits per heavy atom. The summed E-state index contributed by atoms with van der Waals surface area (Å²) < 4.78 is 5.40. The average Bonchev–Trinajstić information content (AvgIpc) is 2.60. The third-order valence-corrected chi connectivity index (χ3v) is 5.33.